The number of carbonyl (C=O) groups excluding carboxylic acids is 1. The van der Waals surface area contributed by atoms with Gasteiger partial charge < -0.3 is 10.1 Å². The number of ether oxygens (including phenoxy) is 1. The second kappa shape index (κ2) is 12.0. The quantitative estimate of drug-likeness (QED) is 0.254. The van der Waals surface area contributed by atoms with Crippen molar-refractivity contribution in [2.45, 2.75) is 53.4 Å². The van der Waals surface area contributed by atoms with Gasteiger partial charge in [-0.1, -0.05) is 39.8 Å². The van der Waals surface area contributed by atoms with E-state index in [2.05, 4.69) is 15.1 Å². The highest BCUT2D eigenvalue weighted by Crippen LogP contribution is 2.36. The van der Waals surface area contributed by atoms with Gasteiger partial charge in [-0.2, -0.15) is 9.78 Å². The van der Waals surface area contributed by atoms with E-state index in [-0.39, 0.29) is 35.7 Å². The summed E-state index contributed by atoms with van der Waals surface area (Å²) < 4.78 is 36.6. The Labute approximate surface area is 228 Å². The second-order valence-corrected chi connectivity index (χ2v) is 12.0. The monoisotopic (exact) mass is 557 g/mol. The number of sulfonamides is 1. The van der Waals surface area contributed by atoms with Crippen LogP contribution in [0.3, 0.4) is 0 Å². The molecule has 0 saturated heterocycles. The average Bonchev–Trinajstić information content (AvgIpc) is 3.18. The molecule has 0 fully saturated rings. The van der Waals surface area contributed by atoms with Crippen molar-refractivity contribution in [3.63, 3.8) is 0 Å². The molecule has 3 rings (SSSR count). The van der Waals surface area contributed by atoms with Gasteiger partial charge in [0.05, 0.1) is 10.6 Å². The van der Waals surface area contributed by atoms with Crippen molar-refractivity contribution in [2.24, 2.45) is 11.8 Å². The van der Waals surface area contributed by atoms with Crippen LogP contribution in [0.25, 0.3) is 5.69 Å². The van der Waals surface area contributed by atoms with Gasteiger partial charge in [0, 0.05) is 30.8 Å². The molecular weight excluding hydrogens is 522 g/mol. The van der Waals surface area contributed by atoms with Crippen molar-refractivity contribution < 1.29 is 22.9 Å². The van der Waals surface area contributed by atoms with Crippen LogP contribution < -0.4 is 14.8 Å². The lowest BCUT2D eigenvalue weighted by molar-refractivity contribution is -0.385. The first kappa shape index (κ1) is 29.8. The van der Waals surface area contributed by atoms with Crippen molar-refractivity contribution in [3.05, 3.63) is 68.9 Å². The van der Waals surface area contributed by atoms with Gasteiger partial charge in [-0.3, -0.25) is 14.9 Å². The number of aromatic nitrogens is 2. The van der Waals surface area contributed by atoms with Gasteiger partial charge >= 0.3 is 0 Å². The zero-order valence-electron chi connectivity index (χ0n) is 23.2. The number of hydrogen-bond acceptors (Lipinski definition) is 7. The topological polar surface area (TPSA) is 145 Å². The molecule has 12 heteroatoms. The van der Waals surface area contributed by atoms with E-state index in [0.29, 0.717) is 17.8 Å². The molecule has 0 spiro atoms. The first-order chi connectivity index (χ1) is 18.2. The molecule has 39 heavy (non-hydrogen) atoms. The minimum absolute atomic E-state index is 0.00252. The molecule has 1 aromatic heterocycles. The fraction of sp³-hybridized carbons (Fsp3) is 0.407. The molecule has 2 N–H and O–H groups in total. The molecule has 0 aliphatic heterocycles. The SMILES string of the molecule is Cc1cccc(-n2nc(C(=O)NCC(C)C)c(C)c2Oc2ccc([N+](=O)[O-])cc2S(=O)(=O)NCC(C)C)c1C. The molecule has 0 atom stereocenters. The minimum Gasteiger partial charge on any atom is -0.437 e. The van der Waals surface area contributed by atoms with Crippen molar-refractivity contribution in [3.8, 4) is 17.3 Å². The Kier molecular flexibility index (Phi) is 9.13. The van der Waals surface area contributed by atoms with Gasteiger partial charge in [-0.05, 0) is 55.9 Å². The number of non-ortho nitro benzene ring substituents is 1. The lowest BCUT2D eigenvalue weighted by Crippen LogP contribution is -2.28. The molecule has 1 heterocycles. The number of nitrogens with zero attached hydrogens (tertiary/aromatic N) is 3. The molecule has 0 saturated carbocycles. The predicted molar refractivity (Wildman–Crippen MR) is 148 cm³/mol. The number of benzene rings is 2. The van der Waals surface area contributed by atoms with Crippen LogP contribution in [0, 0.1) is 42.7 Å². The first-order valence-electron chi connectivity index (χ1n) is 12.6. The first-order valence-corrected chi connectivity index (χ1v) is 14.1. The third-order valence-corrected chi connectivity index (χ3v) is 7.52. The van der Waals surface area contributed by atoms with E-state index < -0.39 is 31.4 Å². The molecule has 0 radical (unpaired) electrons. The Hall–Kier alpha value is -3.77. The summed E-state index contributed by atoms with van der Waals surface area (Å²) in [4.78, 5) is 23.4. The van der Waals surface area contributed by atoms with Gasteiger partial charge in [0.15, 0.2) is 5.69 Å². The number of carbonyl (C=O) groups is 1. The Morgan fingerprint density at radius 2 is 1.72 bits per heavy atom. The maximum atomic E-state index is 13.2. The maximum absolute atomic E-state index is 13.2. The highest BCUT2D eigenvalue weighted by Gasteiger charge is 2.28. The third kappa shape index (κ3) is 6.82. The van der Waals surface area contributed by atoms with Crippen LogP contribution in [0.1, 0.15) is 54.9 Å². The number of nitrogens with one attached hydrogen (secondary N) is 2. The summed E-state index contributed by atoms with van der Waals surface area (Å²) in [5.41, 5.74) is 2.61. The van der Waals surface area contributed by atoms with E-state index in [1.165, 1.54) is 16.8 Å². The summed E-state index contributed by atoms with van der Waals surface area (Å²) >= 11 is 0. The molecule has 210 valence electrons. The van der Waals surface area contributed by atoms with E-state index in [9.17, 15) is 23.3 Å². The number of hydrogen-bond donors (Lipinski definition) is 2. The van der Waals surface area contributed by atoms with Gasteiger partial charge in [0.25, 0.3) is 11.6 Å². The van der Waals surface area contributed by atoms with Crippen LogP contribution in [0.5, 0.6) is 11.6 Å². The number of nitro benzene ring substituents is 1. The van der Waals surface area contributed by atoms with E-state index in [1.807, 2.05) is 59.7 Å². The molecule has 0 aliphatic rings. The summed E-state index contributed by atoms with van der Waals surface area (Å²) in [7, 11) is -4.18. The van der Waals surface area contributed by atoms with Gasteiger partial charge in [0.2, 0.25) is 15.9 Å². The van der Waals surface area contributed by atoms with Gasteiger partial charge in [0.1, 0.15) is 10.6 Å². The molecule has 0 unspecified atom stereocenters. The van der Waals surface area contributed by atoms with Crippen molar-refractivity contribution in [1.29, 1.82) is 0 Å². The molecular formula is C27H35N5O6S. The van der Waals surface area contributed by atoms with Gasteiger partial charge in [-0.25, -0.2) is 13.1 Å². The fourth-order valence-electron chi connectivity index (χ4n) is 3.69. The standard InChI is InChI=1S/C27H35N5O6S/c1-16(2)14-28-26(33)25-20(7)27(31(30-25)22-10-8-9-18(5)19(22)6)38-23-12-11-21(32(34)35)13-24(23)39(36,37)29-15-17(3)4/h8-13,16-17,29H,14-15H2,1-7H3,(H,28,33). The number of rotatable bonds is 11. The zero-order valence-corrected chi connectivity index (χ0v) is 24.0. The minimum atomic E-state index is -4.18. The highest BCUT2D eigenvalue weighted by atomic mass is 32.2. The summed E-state index contributed by atoms with van der Waals surface area (Å²) in [5, 5.41) is 18.9. The largest absolute Gasteiger partial charge is 0.437 e. The molecule has 11 nitrogen and oxygen atoms in total. The van der Waals surface area contributed by atoms with Crippen molar-refractivity contribution in [2.75, 3.05) is 13.1 Å². The van der Waals surface area contributed by atoms with E-state index in [4.69, 9.17) is 4.74 Å². The normalized spacial score (nSPS) is 11.7. The molecule has 0 aliphatic carbocycles. The molecule has 2 aromatic carbocycles. The lowest BCUT2D eigenvalue weighted by atomic mass is 10.1. The fourth-order valence-corrected chi connectivity index (χ4v) is 5.05. The Balaban J connectivity index is 2.21. The molecule has 0 bridgehead atoms. The lowest BCUT2D eigenvalue weighted by Gasteiger charge is -2.16. The second-order valence-electron chi connectivity index (χ2n) is 10.2. The number of nitro groups is 1. The van der Waals surface area contributed by atoms with E-state index >= 15 is 0 Å². The van der Waals surface area contributed by atoms with Crippen LogP contribution in [-0.2, 0) is 10.0 Å². The summed E-state index contributed by atoms with van der Waals surface area (Å²) in [6.07, 6.45) is 0. The van der Waals surface area contributed by atoms with Crippen LogP contribution >= 0.6 is 0 Å². The Morgan fingerprint density at radius 3 is 2.33 bits per heavy atom. The van der Waals surface area contributed by atoms with Crippen LogP contribution in [-0.4, -0.2) is 42.1 Å². The van der Waals surface area contributed by atoms with Crippen LogP contribution in [0.2, 0.25) is 0 Å². The van der Waals surface area contributed by atoms with E-state index in [0.717, 1.165) is 17.2 Å². The number of amides is 1. The van der Waals surface area contributed by atoms with Crippen LogP contribution in [0.15, 0.2) is 41.3 Å². The zero-order chi connectivity index (χ0) is 29.1. The highest BCUT2D eigenvalue weighted by molar-refractivity contribution is 7.89. The summed E-state index contributed by atoms with van der Waals surface area (Å²) in [5.74, 6) is -0.196. The Bertz CT molecular complexity index is 1490. The smallest absolute Gasteiger partial charge is 0.272 e. The summed E-state index contributed by atoms with van der Waals surface area (Å²) in [6.45, 7) is 13.7. The predicted octanol–water partition coefficient (Wildman–Crippen LogP) is 4.82. The Morgan fingerprint density at radius 1 is 1.05 bits per heavy atom. The van der Waals surface area contributed by atoms with E-state index in [1.54, 1.807) is 6.92 Å². The maximum Gasteiger partial charge on any atom is 0.272 e. The average molecular weight is 558 g/mol. The van der Waals surface area contributed by atoms with Crippen molar-refractivity contribution >= 4 is 21.6 Å². The molecule has 1 amide bonds. The van der Waals surface area contributed by atoms with Crippen LogP contribution in [0.4, 0.5) is 5.69 Å². The third-order valence-electron chi connectivity index (χ3n) is 6.07. The van der Waals surface area contributed by atoms with Gasteiger partial charge in [-0.15, -0.1) is 0 Å². The molecule has 3 aromatic rings. The summed E-state index contributed by atoms with van der Waals surface area (Å²) in [6, 6.07) is 8.96. The van der Waals surface area contributed by atoms with Crippen molar-refractivity contribution in [1.82, 2.24) is 19.8 Å². The number of aryl methyl sites for hydroxylation is 1.